The van der Waals surface area contributed by atoms with Gasteiger partial charge in [-0.3, -0.25) is 4.90 Å². The molecule has 0 unspecified atom stereocenters. The van der Waals surface area contributed by atoms with Crippen LogP contribution in [0.4, 0.5) is 0 Å². The van der Waals surface area contributed by atoms with E-state index in [-0.39, 0.29) is 12.1 Å². The Hall–Kier alpha value is -0.160. The molecule has 4 atom stereocenters. The number of nitrogens with zero attached hydrogens (tertiary/aromatic N) is 1. The first kappa shape index (κ1) is 11.3. The minimum absolute atomic E-state index is 0.0484. The number of aliphatic hydroxyl groups is 2. The summed E-state index contributed by atoms with van der Waals surface area (Å²) in [5.41, 5.74) is 0. The number of hydrogen-bond acceptors (Lipinski definition) is 4. The molecule has 0 spiro atoms. The van der Waals surface area contributed by atoms with Crippen LogP contribution in [0.2, 0.25) is 0 Å². The van der Waals surface area contributed by atoms with Gasteiger partial charge in [0.15, 0.2) is 0 Å². The van der Waals surface area contributed by atoms with Gasteiger partial charge < -0.3 is 14.9 Å². The van der Waals surface area contributed by atoms with E-state index in [1.54, 1.807) is 0 Å². The summed E-state index contributed by atoms with van der Waals surface area (Å²) in [4.78, 5) is 2.18. The third-order valence-electron chi connectivity index (χ3n) is 3.38. The summed E-state index contributed by atoms with van der Waals surface area (Å²) in [7, 11) is 0. The van der Waals surface area contributed by atoms with Crippen molar-refractivity contribution in [3.05, 3.63) is 0 Å². The summed E-state index contributed by atoms with van der Waals surface area (Å²) in [5, 5.41) is 20.0. The largest absolute Gasteiger partial charge is 0.389 e. The zero-order chi connectivity index (χ0) is 11.0. The zero-order valence-corrected chi connectivity index (χ0v) is 9.47. The smallest absolute Gasteiger partial charge is 0.112 e. The van der Waals surface area contributed by atoms with E-state index in [0.29, 0.717) is 6.54 Å². The molecule has 0 aromatic rings. The third kappa shape index (κ3) is 2.18. The average molecular weight is 215 g/mol. The molecule has 0 aromatic heterocycles. The molecule has 0 bridgehead atoms. The van der Waals surface area contributed by atoms with Gasteiger partial charge in [0.25, 0.3) is 0 Å². The Morgan fingerprint density at radius 1 is 1.33 bits per heavy atom. The van der Waals surface area contributed by atoms with Gasteiger partial charge >= 0.3 is 0 Å². The molecule has 0 radical (unpaired) electrons. The number of piperidine rings is 1. The minimum atomic E-state index is -0.559. The highest BCUT2D eigenvalue weighted by atomic mass is 16.5. The summed E-state index contributed by atoms with van der Waals surface area (Å²) in [6, 6.07) is 0.192. The van der Waals surface area contributed by atoms with E-state index in [4.69, 9.17) is 4.74 Å². The van der Waals surface area contributed by atoms with Crippen molar-refractivity contribution in [3.63, 3.8) is 0 Å². The first-order chi connectivity index (χ1) is 7.09. The van der Waals surface area contributed by atoms with Crippen LogP contribution in [0.5, 0.6) is 0 Å². The number of hydrogen-bond donors (Lipinski definition) is 2. The van der Waals surface area contributed by atoms with E-state index in [9.17, 15) is 10.2 Å². The van der Waals surface area contributed by atoms with E-state index >= 15 is 0 Å². The average Bonchev–Trinajstić information content (AvgIpc) is 2.59. The standard InChI is InChI=1S/C11H21NO3/c1-7(2)15-11-9(13)6-12-5-3-4-8(12)10(11)14/h7-11,13-14H,3-6H2,1-2H3/t8-,9+,10+,11-/m0/s1. The van der Waals surface area contributed by atoms with Gasteiger partial charge in [-0.25, -0.2) is 0 Å². The van der Waals surface area contributed by atoms with Crippen LogP contribution >= 0.6 is 0 Å². The van der Waals surface area contributed by atoms with E-state index in [0.717, 1.165) is 19.4 Å². The quantitative estimate of drug-likeness (QED) is 0.680. The first-order valence-corrected chi connectivity index (χ1v) is 5.85. The van der Waals surface area contributed by atoms with E-state index < -0.39 is 18.3 Å². The Balaban J connectivity index is 2.04. The lowest BCUT2D eigenvalue weighted by atomic mass is 9.94. The van der Waals surface area contributed by atoms with Gasteiger partial charge in [0.2, 0.25) is 0 Å². The molecule has 0 saturated carbocycles. The number of ether oxygens (including phenoxy) is 1. The summed E-state index contributed by atoms with van der Waals surface area (Å²) in [6.45, 7) is 5.49. The maximum absolute atomic E-state index is 10.1. The molecule has 2 heterocycles. The van der Waals surface area contributed by atoms with Gasteiger partial charge in [0.05, 0.1) is 18.3 Å². The van der Waals surface area contributed by atoms with Crippen LogP contribution < -0.4 is 0 Å². The molecule has 0 aromatic carbocycles. The van der Waals surface area contributed by atoms with Gasteiger partial charge in [0.1, 0.15) is 6.10 Å². The predicted molar refractivity (Wildman–Crippen MR) is 56.6 cm³/mol. The molecule has 4 nitrogen and oxygen atoms in total. The molecule has 2 fully saturated rings. The molecule has 2 aliphatic heterocycles. The molecule has 2 rings (SSSR count). The number of rotatable bonds is 2. The Kier molecular flexibility index (Phi) is 3.30. The van der Waals surface area contributed by atoms with Crippen LogP contribution in [0.3, 0.4) is 0 Å². The maximum Gasteiger partial charge on any atom is 0.112 e. The van der Waals surface area contributed by atoms with Crippen molar-refractivity contribution in [3.8, 4) is 0 Å². The van der Waals surface area contributed by atoms with Crippen molar-refractivity contribution >= 4 is 0 Å². The lowest BCUT2D eigenvalue weighted by molar-refractivity contribution is -0.167. The summed E-state index contributed by atoms with van der Waals surface area (Å²) < 4.78 is 5.60. The highest BCUT2D eigenvalue weighted by molar-refractivity contribution is 4.98. The van der Waals surface area contributed by atoms with Crippen LogP contribution in [0.1, 0.15) is 26.7 Å². The van der Waals surface area contributed by atoms with Crippen molar-refractivity contribution in [2.24, 2.45) is 0 Å². The van der Waals surface area contributed by atoms with E-state index in [1.807, 2.05) is 13.8 Å². The molecule has 0 aliphatic carbocycles. The zero-order valence-electron chi connectivity index (χ0n) is 9.47. The SMILES string of the molecule is CC(C)O[C@@H]1[C@H](O)[C@@H]2CCCN2C[C@H]1O. The van der Waals surface area contributed by atoms with E-state index in [2.05, 4.69) is 4.90 Å². The second-order valence-electron chi connectivity index (χ2n) is 4.91. The second kappa shape index (κ2) is 4.37. The van der Waals surface area contributed by atoms with Gasteiger partial charge in [-0.2, -0.15) is 0 Å². The van der Waals surface area contributed by atoms with Crippen LogP contribution in [-0.2, 0) is 4.74 Å². The Morgan fingerprint density at radius 2 is 2.07 bits per heavy atom. The van der Waals surface area contributed by atoms with Crippen molar-refractivity contribution in [1.29, 1.82) is 0 Å². The Morgan fingerprint density at radius 3 is 2.73 bits per heavy atom. The Labute approximate surface area is 90.8 Å². The second-order valence-corrected chi connectivity index (χ2v) is 4.91. The van der Waals surface area contributed by atoms with E-state index in [1.165, 1.54) is 0 Å². The normalized spacial score (nSPS) is 42.2. The summed E-state index contributed by atoms with van der Waals surface area (Å²) >= 11 is 0. The van der Waals surface area contributed by atoms with Crippen LogP contribution in [0.25, 0.3) is 0 Å². The van der Waals surface area contributed by atoms with Crippen molar-refractivity contribution < 1.29 is 14.9 Å². The Bertz CT molecular complexity index is 222. The summed E-state index contributed by atoms with van der Waals surface area (Å²) in [5.74, 6) is 0. The molecule has 2 saturated heterocycles. The van der Waals surface area contributed by atoms with Crippen molar-refractivity contribution in [2.45, 2.75) is 57.1 Å². The molecule has 2 aliphatic rings. The molecule has 4 heteroatoms. The van der Waals surface area contributed by atoms with Gasteiger partial charge in [-0.15, -0.1) is 0 Å². The lowest BCUT2D eigenvalue weighted by Crippen LogP contribution is -2.60. The molecule has 88 valence electrons. The fourth-order valence-corrected chi connectivity index (χ4v) is 2.74. The maximum atomic E-state index is 10.1. The highest BCUT2D eigenvalue weighted by Gasteiger charge is 2.44. The minimum Gasteiger partial charge on any atom is -0.389 e. The van der Waals surface area contributed by atoms with Crippen LogP contribution in [-0.4, -0.2) is 58.7 Å². The van der Waals surface area contributed by atoms with Gasteiger partial charge in [0, 0.05) is 12.6 Å². The monoisotopic (exact) mass is 215 g/mol. The highest BCUT2D eigenvalue weighted by Crippen LogP contribution is 2.29. The fraction of sp³-hybridized carbons (Fsp3) is 1.00. The van der Waals surface area contributed by atoms with Crippen molar-refractivity contribution in [2.75, 3.05) is 13.1 Å². The third-order valence-corrected chi connectivity index (χ3v) is 3.38. The van der Waals surface area contributed by atoms with Gasteiger partial charge in [-0.1, -0.05) is 0 Å². The first-order valence-electron chi connectivity index (χ1n) is 5.85. The van der Waals surface area contributed by atoms with Crippen molar-refractivity contribution in [1.82, 2.24) is 4.90 Å². The van der Waals surface area contributed by atoms with Gasteiger partial charge in [-0.05, 0) is 33.2 Å². The number of fused-ring (bicyclic) bond motifs is 1. The molecular formula is C11H21NO3. The molecule has 15 heavy (non-hydrogen) atoms. The predicted octanol–water partition coefficient (Wildman–Crippen LogP) is -0.0202. The molecule has 2 N–H and O–H groups in total. The topological polar surface area (TPSA) is 52.9 Å². The number of aliphatic hydroxyl groups excluding tert-OH is 2. The molecular weight excluding hydrogens is 194 g/mol. The fourth-order valence-electron chi connectivity index (χ4n) is 2.74. The molecule has 0 amide bonds. The van der Waals surface area contributed by atoms with Crippen LogP contribution in [0, 0.1) is 0 Å². The summed E-state index contributed by atoms with van der Waals surface area (Å²) in [6.07, 6.45) is 0.668. The van der Waals surface area contributed by atoms with Crippen LogP contribution in [0.15, 0.2) is 0 Å². The lowest BCUT2D eigenvalue weighted by Gasteiger charge is -2.42.